The molecule has 1 amide bonds. The van der Waals surface area contributed by atoms with Crippen molar-refractivity contribution in [3.8, 4) is 0 Å². The highest BCUT2D eigenvalue weighted by molar-refractivity contribution is 5.76. The van der Waals surface area contributed by atoms with Gasteiger partial charge in [0.15, 0.2) is 5.82 Å². The summed E-state index contributed by atoms with van der Waals surface area (Å²) in [6.45, 7) is 12.4. The largest absolute Gasteiger partial charge is 0.340 e. The van der Waals surface area contributed by atoms with Gasteiger partial charge in [0.1, 0.15) is 0 Å². The number of rotatable bonds is 6. The fourth-order valence-corrected chi connectivity index (χ4v) is 3.44. The lowest BCUT2D eigenvalue weighted by Gasteiger charge is -2.37. The molecule has 0 saturated carbocycles. The molecule has 0 aromatic carbocycles. The number of nitrogens with zero attached hydrogens (tertiary/aromatic N) is 5. The van der Waals surface area contributed by atoms with E-state index in [9.17, 15) is 4.79 Å². The number of aryl methyl sites for hydroxylation is 1. The minimum Gasteiger partial charge on any atom is -0.340 e. The van der Waals surface area contributed by atoms with E-state index in [-0.39, 0.29) is 11.9 Å². The van der Waals surface area contributed by atoms with E-state index in [4.69, 9.17) is 4.52 Å². The van der Waals surface area contributed by atoms with Crippen LogP contribution >= 0.6 is 0 Å². The lowest BCUT2D eigenvalue weighted by Crippen LogP contribution is -2.49. The Labute approximate surface area is 149 Å². The second-order valence-corrected chi connectivity index (χ2v) is 6.84. The summed E-state index contributed by atoms with van der Waals surface area (Å²) < 4.78 is 5.37. The molecule has 2 aliphatic rings. The molecular formula is C17H30N6O2. The smallest absolute Gasteiger partial charge is 0.243 e. The van der Waals surface area contributed by atoms with E-state index in [1.165, 1.54) is 0 Å². The third kappa shape index (κ3) is 4.77. The van der Waals surface area contributed by atoms with Gasteiger partial charge in [-0.15, -0.1) is 0 Å². The topological polar surface area (TPSA) is 77.7 Å². The highest BCUT2D eigenvalue weighted by Gasteiger charge is 2.26. The van der Waals surface area contributed by atoms with Crippen molar-refractivity contribution >= 4 is 5.91 Å². The van der Waals surface area contributed by atoms with Crippen molar-refractivity contribution in [1.82, 2.24) is 30.2 Å². The lowest BCUT2D eigenvalue weighted by molar-refractivity contribution is -0.132. The van der Waals surface area contributed by atoms with Crippen LogP contribution in [-0.4, -0.2) is 89.7 Å². The third-order valence-corrected chi connectivity index (χ3v) is 5.22. The number of nitrogens with one attached hydrogen (secondary N) is 1. The predicted molar refractivity (Wildman–Crippen MR) is 94.2 cm³/mol. The van der Waals surface area contributed by atoms with E-state index < -0.39 is 0 Å². The van der Waals surface area contributed by atoms with E-state index in [2.05, 4.69) is 32.2 Å². The summed E-state index contributed by atoms with van der Waals surface area (Å²) in [7, 11) is 0. The molecule has 1 atom stereocenters. The van der Waals surface area contributed by atoms with E-state index in [1.54, 1.807) is 0 Å². The first-order valence-electron chi connectivity index (χ1n) is 9.44. The van der Waals surface area contributed by atoms with Crippen LogP contribution in [0.25, 0.3) is 0 Å². The van der Waals surface area contributed by atoms with Crippen LogP contribution in [0, 0.1) is 0 Å². The van der Waals surface area contributed by atoms with Gasteiger partial charge >= 0.3 is 0 Å². The fraction of sp³-hybridized carbons (Fsp3) is 0.824. The quantitative estimate of drug-likeness (QED) is 0.781. The zero-order valence-electron chi connectivity index (χ0n) is 15.4. The highest BCUT2D eigenvalue weighted by atomic mass is 16.5. The molecule has 0 radical (unpaired) electrons. The number of carbonyl (C=O) groups excluding carboxylic acids is 1. The Morgan fingerprint density at radius 2 is 1.92 bits per heavy atom. The maximum atomic E-state index is 12.3. The summed E-state index contributed by atoms with van der Waals surface area (Å²) in [5, 5.41) is 7.27. The zero-order chi connectivity index (χ0) is 17.6. The molecule has 0 spiro atoms. The molecule has 1 N–H and O–H groups in total. The van der Waals surface area contributed by atoms with Crippen LogP contribution in [0.2, 0.25) is 0 Å². The molecular weight excluding hydrogens is 320 g/mol. The SMILES string of the molecule is CCc1noc(C(C)N2CCN(CCC(=O)N3CCNCC3)CC2)n1. The first kappa shape index (κ1) is 18.3. The van der Waals surface area contributed by atoms with Crippen molar-refractivity contribution < 1.29 is 9.32 Å². The number of hydrogen-bond acceptors (Lipinski definition) is 7. The minimum absolute atomic E-state index is 0.150. The Bertz CT molecular complexity index is 549. The van der Waals surface area contributed by atoms with Crippen LogP contribution in [0.5, 0.6) is 0 Å². The molecule has 8 nitrogen and oxygen atoms in total. The summed E-state index contributed by atoms with van der Waals surface area (Å²) >= 11 is 0. The molecule has 25 heavy (non-hydrogen) atoms. The maximum absolute atomic E-state index is 12.3. The molecule has 3 heterocycles. The summed E-state index contributed by atoms with van der Waals surface area (Å²) in [4.78, 5) is 23.5. The zero-order valence-corrected chi connectivity index (χ0v) is 15.4. The Morgan fingerprint density at radius 3 is 2.56 bits per heavy atom. The Morgan fingerprint density at radius 1 is 1.20 bits per heavy atom. The van der Waals surface area contributed by atoms with Gasteiger partial charge in [0.05, 0.1) is 6.04 Å². The second kappa shape index (κ2) is 8.73. The molecule has 1 aromatic heterocycles. The van der Waals surface area contributed by atoms with E-state index in [0.717, 1.165) is 71.1 Å². The van der Waals surface area contributed by atoms with Crippen LogP contribution in [0.1, 0.15) is 38.0 Å². The number of carbonyl (C=O) groups is 1. The normalized spacial score (nSPS) is 21.4. The van der Waals surface area contributed by atoms with Crippen molar-refractivity contribution in [2.45, 2.75) is 32.7 Å². The molecule has 3 rings (SSSR count). The monoisotopic (exact) mass is 350 g/mol. The Kier molecular flexibility index (Phi) is 6.39. The number of aromatic nitrogens is 2. The van der Waals surface area contributed by atoms with Gasteiger partial charge < -0.3 is 19.6 Å². The summed E-state index contributed by atoms with van der Waals surface area (Å²) in [5.41, 5.74) is 0. The summed E-state index contributed by atoms with van der Waals surface area (Å²) in [5.74, 6) is 1.77. The average Bonchev–Trinajstić information content (AvgIpc) is 3.16. The molecule has 8 heteroatoms. The molecule has 1 unspecified atom stereocenters. The van der Waals surface area contributed by atoms with E-state index in [0.29, 0.717) is 12.3 Å². The van der Waals surface area contributed by atoms with Gasteiger partial charge in [-0.25, -0.2) is 0 Å². The van der Waals surface area contributed by atoms with Gasteiger partial charge in [0, 0.05) is 71.7 Å². The number of amides is 1. The van der Waals surface area contributed by atoms with Crippen molar-refractivity contribution in [3.63, 3.8) is 0 Å². The molecule has 2 aliphatic heterocycles. The van der Waals surface area contributed by atoms with Crippen LogP contribution < -0.4 is 5.32 Å². The Balaban J connectivity index is 1.40. The van der Waals surface area contributed by atoms with Gasteiger partial charge in [-0.2, -0.15) is 4.98 Å². The first-order chi connectivity index (χ1) is 12.2. The standard InChI is InChI=1S/C17H30N6O2/c1-3-15-19-17(25-20-15)14(2)22-12-10-21(11-13-22)7-4-16(24)23-8-5-18-6-9-23/h14,18H,3-13H2,1-2H3. The number of piperazine rings is 2. The first-order valence-corrected chi connectivity index (χ1v) is 9.44. The predicted octanol–water partition coefficient (Wildman–Crippen LogP) is 0.133. The minimum atomic E-state index is 0.150. The fourth-order valence-electron chi connectivity index (χ4n) is 3.44. The second-order valence-electron chi connectivity index (χ2n) is 6.84. The highest BCUT2D eigenvalue weighted by Crippen LogP contribution is 2.20. The van der Waals surface area contributed by atoms with Crippen LogP contribution in [-0.2, 0) is 11.2 Å². The van der Waals surface area contributed by atoms with Crippen molar-refractivity contribution in [1.29, 1.82) is 0 Å². The van der Waals surface area contributed by atoms with Crippen LogP contribution in [0.15, 0.2) is 4.52 Å². The van der Waals surface area contributed by atoms with Crippen LogP contribution in [0.4, 0.5) is 0 Å². The van der Waals surface area contributed by atoms with Gasteiger partial charge in [-0.1, -0.05) is 12.1 Å². The maximum Gasteiger partial charge on any atom is 0.243 e. The number of hydrogen-bond donors (Lipinski definition) is 1. The van der Waals surface area contributed by atoms with Gasteiger partial charge in [0.2, 0.25) is 11.8 Å². The van der Waals surface area contributed by atoms with Gasteiger partial charge in [-0.3, -0.25) is 9.69 Å². The molecule has 140 valence electrons. The van der Waals surface area contributed by atoms with Crippen molar-refractivity contribution in [2.75, 3.05) is 58.9 Å². The molecule has 1 aromatic rings. The summed E-state index contributed by atoms with van der Waals surface area (Å²) in [6.07, 6.45) is 1.42. The Hall–Kier alpha value is -1.51. The molecule has 2 saturated heterocycles. The van der Waals surface area contributed by atoms with Crippen molar-refractivity contribution in [2.24, 2.45) is 0 Å². The van der Waals surface area contributed by atoms with Crippen LogP contribution in [0.3, 0.4) is 0 Å². The summed E-state index contributed by atoms with van der Waals surface area (Å²) in [6, 6.07) is 0.150. The molecule has 2 fully saturated rings. The van der Waals surface area contributed by atoms with E-state index in [1.807, 2.05) is 11.8 Å². The van der Waals surface area contributed by atoms with Gasteiger partial charge in [0.25, 0.3) is 0 Å². The van der Waals surface area contributed by atoms with Crippen molar-refractivity contribution in [3.05, 3.63) is 11.7 Å². The average molecular weight is 350 g/mol. The molecule has 0 aliphatic carbocycles. The molecule has 0 bridgehead atoms. The third-order valence-electron chi connectivity index (χ3n) is 5.22. The van der Waals surface area contributed by atoms with Gasteiger partial charge in [-0.05, 0) is 6.92 Å². The lowest BCUT2D eigenvalue weighted by atomic mass is 10.2. The van der Waals surface area contributed by atoms with E-state index >= 15 is 0 Å².